The van der Waals surface area contributed by atoms with E-state index in [-0.39, 0.29) is 6.09 Å². The smallest absolute Gasteiger partial charge is 0.410 e. The second-order valence-electron chi connectivity index (χ2n) is 5.62. The zero-order valence-corrected chi connectivity index (χ0v) is 11.5. The van der Waals surface area contributed by atoms with E-state index >= 15 is 0 Å². The summed E-state index contributed by atoms with van der Waals surface area (Å²) in [5.41, 5.74) is -0.431. The minimum Gasteiger partial charge on any atom is -0.444 e. The lowest BCUT2D eigenvalue weighted by Gasteiger charge is -2.26. The van der Waals surface area contributed by atoms with Crippen molar-refractivity contribution in [3.63, 3.8) is 0 Å². The summed E-state index contributed by atoms with van der Waals surface area (Å²) in [4.78, 5) is 15.4. The summed E-state index contributed by atoms with van der Waals surface area (Å²) in [6, 6.07) is 0. The minimum absolute atomic E-state index is 0.270. The standard InChI is InChI=1S/C12H24N2O3/c1-12(2,3)17-11(15)14(5)7-6-13(4)8-10-9-16-10/h10H,6-9H2,1-5H3/t10-/m0/s1. The zero-order valence-electron chi connectivity index (χ0n) is 11.5. The summed E-state index contributed by atoms with van der Waals surface area (Å²) >= 11 is 0. The highest BCUT2D eigenvalue weighted by Gasteiger charge is 2.24. The quantitative estimate of drug-likeness (QED) is 0.681. The third-order valence-corrected chi connectivity index (χ3v) is 2.44. The third kappa shape index (κ3) is 6.48. The van der Waals surface area contributed by atoms with E-state index < -0.39 is 5.60 Å². The van der Waals surface area contributed by atoms with Crippen molar-refractivity contribution >= 4 is 6.09 Å². The van der Waals surface area contributed by atoms with E-state index in [4.69, 9.17) is 9.47 Å². The molecule has 1 aliphatic heterocycles. The van der Waals surface area contributed by atoms with Crippen molar-refractivity contribution in [3.8, 4) is 0 Å². The maximum atomic E-state index is 11.7. The monoisotopic (exact) mass is 244 g/mol. The van der Waals surface area contributed by atoms with Crippen molar-refractivity contribution < 1.29 is 14.3 Å². The van der Waals surface area contributed by atoms with Crippen molar-refractivity contribution in [2.24, 2.45) is 0 Å². The van der Waals surface area contributed by atoms with Gasteiger partial charge >= 0.3 is 6.09 Å². The Morgan fingerprint density at radius 3 is 2.41 bits per heavy atom. The topological polar surface area (TPSA) is 45.3 Å². The van der Waals surface area contributed by atoms with E-state index in [2.05, 4.69) is 4.90 Å². The molecular weight excluding hydrogens is 220 g/mol. The second-order valence-corrected chi connectivity index (χ2v) is 5.62. The molecule has 1 saturated heterocycles. The van der Waals surface area contributed by atoms with Gasteiger partial charge in [-0.3, -0.25) is 0 Å². The number of rotatable bonds is 5. The van der Waals surface area contributed by atoms with Gasteiger partial charge in [0.2, 0.25) is 0 Å². The van der Waals surface area contributed by atoms with Crippen molar-refractivity contribution in [3.05, 3.63) is 0 Å². The number of carbonyl (C=O) groups is 1. The molecule has 1 aliphatic rings. The van der Waals surface area contributed by atoms with Crippen LogP contribution in [0.2, 0.25) is 0 Å². The first-order valence-corrected chi connectivity index (χ1v) is 6.02. The number of nitrogens with zero attached hydrogens (tertiary/aromatic N) is 2. The molecule has 0 aliphatic carbocycles. The molecule has 1 heterocycles. The predicted molar refractivity (Wildman–Crippen MR) is 66.1 cm³/mol. The molecule has 0 radical (unpaired) electrons. The van der Waals surface area contributed by atoms with Gasteiger partial charge in [-0.1, -0.05) is 0 Å². The summed E-state index contributed by atoms with van der Waals surface area (Å²) in [6.45, 7) is 8.90. The summed E-state index contributed by atoms with van der Waals surface area (Å²) in [5, 5.41) is 0. The highest BCUT2D eigenvalue weighted by molar-refractivity contribution is 5.67. The fraction of sp³-hybridized carbons (Fsp3) is 0.917. The van der Waals surface area contributed by atoms with Crippen LogP contribution in [0.15, 0.2) is 0 Å². The molecule has 0 bridgehead atoms. The van der Waals surface area contributed by atoms with Gasteiger partial charge in [-0.05, 0) is 27.8 Å². The van der Waals surface area contributed by atoms with Gasteiger partial charge in [-0.15, -0.1) is 0 Å². The van der Waals surface area contributed by atoms with Crippen LogP contribution in [0.4, 0.5) is 4.79 Å². The summed E-state index contributed by atoms with van der Waals surface area (Å²) in [6.07, 6.45) is 0.125. The van der Waals surface area contributed by atoms with Crippen LogP contribution in [0.25, 0.3) is 0 Å². The lowest BCUT2D eigenvalue weighted by molar-refractivity contribution is 0.0286. The molecule has 1 rings (SSSR count). The van der Waals surface area contributed by atoms with Gasteiger partial charge in [-0.2, -0.15) is 0 Å². The van der Waals surface area contributed by atoms with Gasteiger partial charge in [-0.25, -0.2) is 4.79 Å². The molecule has 0 aromatic rings. The van der Waals surface area contributed by atoms with Crippen LogP contribution in [-0.2, 0) is 9.47 Å². The molecular formula is C12H24N2O3. The number of ether oxygens (including phenoxy) is 2. The fourth-order valence-electron chi connectivity index (χ4n) is 1.36. The third-order valence-electron chi connectivity index (χ3n) is 2.44. The first-order chi connectivity index (χ1) is 7.78. The lowest BCUT2D eigenvalue weighted by Crippen LogP contribution is -2.39. The maximum Gasteiger partial charge on any atom is 0.410 e. The average molecular weight is 244 g/mol. The van der Waals surface area contributed by atoms with E-state index in [1.165, 1.54) is 0 Å². The molecule has 1 atom stereocenters. The molecule has 0 saturated carbocycles. The second kappa shape index (κ2) is 5.69. The van der Waals surface area contributed by atoms with Crippen LogP contribution in [0.1, 0.15) is 20.8 Å². The normalized spacial score (nSPS) is 19.3. The first-order valence-electron chi connectivity index (χ1n) is 6.02. The van der Waals surface area contributed by atoms with Gasteiger partial charge in [0.25, 0.3) is 0 Å². The largest absolute Gasteiger partial charge is 0.444 e. The number of amides is 1. The van der Waals surface area contributed by atoms with Gasteiger partial charge in [0, 0.05) is 26.7 Å². The van der Waals surface area contributed by atoms with Crippen molar-refractivity contribution in [2.45, 2.75) is 32.5 Å². The van der Waals surface area contributed by atoms with E-state index in [0.29, 0.717) is 12.6 Å². The molecule has 0 aromatic heterocycles. The Balaban J connectivity index is 2.18. The molecule has 0 aromatic carbocycles. The van der Waals surface area contributed by atoms with Gasteiger partial charge in [0.05, 0.1) is 12.7 Å². The molecule has 1 fully saturated rings. The van der Waals surface area contributed by atoms with Crippen LogP contribution in [0.5, 0.6) is 0 Å². The SMILES string of the molecule is CN(CCN(C)C(=O)OC(C)(C)C)C[C@H]1CO1. The molecule has 0 unspecified atom stereocenters. The Hall–Kier alpha value is -0.810. The van der Waals surface area contributed by atoms with Crippen LogP contribution >= 0.6 is 0 Å². The fourth-order valence-corrected chi connectivity index (χ4v) is 1.36. The molecule has 100 valence electrons. The van der Waals surface area contributed by atoms with Crippen LogP contribution in [-0.4, -0.2) is 67.9 Å². The Bertz CT molecular complexity index is 259. The zero-order chi connectivity index (χ0) is 13.1. The number of likely N-dealkylation sites (N-methyl/N-ethyl adjacent to an activating group) is 2. The number of carbonyl (C=O) groups excluding carboxylic acids is 1. The number of hydrogen-bond acceptors (Lipinski definition) is 4. The van der Waals surface area contributed by atoms with Gasteiger partial charge in [0.15, 0.2) is 0 Å². The molecule has 17 heavy (non-hydrogen) atoms. The number of epoxide rings is 1. The molecule has 0 N–H and O–H groups in total. The van der Waals surface area contributed by atoms with Crippen LogP contribution < -0.4 is 0 Å². The average Bonchev–Trinajstić information content (AvgIpc) is 2.95. The Morgan fingerprint density at radius 2 is 1.94 bits per heavy atom. The lowest BCUT2D eigenvalue weighted by atomic mass is 10.2. The Morgan fingerprint density at radius 1 is 1.35 bits per heavy atom. The highest BCUT2D eigenvalue weighted by atomic mass is 16.6. The Labute approximate surface area is 104 Å². The van der Waals surface area contributed by atoms with E-state index in [1.54, 1.807) is 11.9 Å². The van der Waals surface area contributed by atoms with Crippen LogP contribution in [0.3, 0.4) is 0 Å². The first kappa shape index (κ1) is 14.3. The molecule has 1 amide bonds. The van der Waals surface area contributed by atoms with Crippen molar-refractivity contribution in [2.75, 3.05) is 40.3 Å². The predicted octanol–water partition coefficient (Wildman–Crippen LogP) is 1.18. The molecule has 5 heteroatoms. The molecule has 0 spiro atoms. The van der Waals surface area contributed by atoms with E-state index in [0.717, 1.165) is 19.7 Å². The summed E-state index contributed by atoms with van der Waals surface area (Å²) in [7, 11) is 3.79. The van der Waals surface area contributed by atoms with Crippen molar-refractivity contribution in [1.82, 2.24) is 9.80 Å². The highest BCUT2D eigenvalue weighted by Crippen LogP contribution is 2.10. The maximum absolute atomic E-state index is 11.7. The van der Waals surface area contributed by atoms with Crippen molar-refractivity contribution in [1.29, 1.82) is 0 Å². The number of hydrogen-bond donors (Lipinski definition) is 0. The minimum atomic E-state index is -0.431. The molecule has 5 nitrogen and oxygen atoms in total. The summed E-state index contributed by atoms with van der Waals surface area (Å²) in [5.74, 6) is 0. The van der Waals surface area contributed by atoms with Gasteiger partial charge in [0.1, 0.15) is 5.60 Å². The Kier molecular flexibility index (Phi) is 4.77. The van der Waals surface area contributed by atoms with E-state index in [1.807, 2.05) is 27.8 Å². The van der Waals surface area contributed by atoms with Crippen LogP contribution in [0, 0.1) is 0 Å². The van der Waals surface area contributed by atoms with Gasteiger partial charge < -0.3 is 19.3 Å². The summed E-state index contributed by atoms with van der Waals surface area (Å²) < 4.78 is 10.4. The van der Waals surface area contributed by atoms with E-state index in [9.17, 15) is 4.79 Å².